The predicted molar refractivity (Wildman–Crippen MR) is 121 cm³/mol. The summed E-state index contributed by atoms with van der Waals surface area (Å²) in [5.41, 5.74) is -3.13. The van der Waals surface area contributed by atoms with E-state index in [9.17, 15) is 19.5 Å². The molecule has 0 unspecified atom stereocenters. The number of hydrogen-bond acceptors (Lipinski definition) is 9. The van der Waals surface area contributed by atoms with Crippen molar-refractivity contribution in [3.8, 4) is 5.75 Å². The molecule has 188 valence electrons. The van der Waals surface area contributed by atoms with Crippen LogP contribution in [0, 0.1) is 5.41 Å². The van der Waals surface area contributed by atoms with Gasteiger partial charge in [0.25, 0.3) is 0 Å². The third-order valence-corrected chi connectivity index (χ3v) is 9.38. The number of esters is 2. The van der Waals surface area contributed by atoms with Crippen LogP contribution in [0.3, 0.4) is 0 Å². The molecule has 0 radical (unpaired) electrons. The zero-order valence-corrected chi connectivity index (χ0v) is 20.5. The van der Waals surface area contributed by atoms with Gasteiger partial charge in [0.05, 0.1) is 38.3 Å². The quantitative estimate of drug-likeness (QED) is 0.602. The number of carbonyl (C=O) groups excluding carboxylic acids is 3. The Bertz CT molecular complexity index is 1170. The molecule has 1 saturated carbocycles. The van der Waals surface area contributed by atoms with Gasteiger partial charge in [-0.25, -0.2) is 4.79 Å². The van der Waals surface area contributed by atoms with E-state index < -0.39 is 58.9 Å². The van der Waals surface area contributed by atoms with Gasteiger partial charge in [-0.05, 0) is 18.1 Å². The number of hydrogen-bond donors (Lipinski definition) is 1. The summed E-state index contributed by atoms with van der Waals surface area (Å²) in [7, 11) is 4.71. The predicted octanol–water partition coefficient (Wildman–Crippen LogP) is 0.728. The molecule has 4 heterocycles. The van der Waals surface area contributed by atoms with E-state index in [1.54, 1.807) is 12.0 Å². The van der Waals surface area contributed by atoms with E-state index in [0.717, 1.165) is 11.3 Å². The molecule has 1 N–H and O–H groups in total. The number of fused-ring (bicyclic) bond motifs is 5. The summed E-state index contributed by atoms with van der Waals surface area (Å²) < 4.78 is 23.5. The molecular weight excluding hydrogens is 456 g/mol. The summed E-state index contributed by atoms with van der Waals surface area (Å²) in [6.45, 7) is 2.79. The average molecular weight is 487 g/mol. The van der Waals surface area contributed by atoms with Crippen molar-refractivity contribution in [3.63, 3.8) is 0 Å². The summed E-state index contributed by atoms with van der Waals surface area (Å²) in [4.78, 5) is 43.7. The Kier molecular flexibility index (Phi) is 4.31. The van der Waals surface area contributed by atoms with Gasteiger partial charge in [-0.15, -0.1) is 0 Å². The van der Waals surface area contributed by atoms with Crippen LogP contribution < -0.4 is 9.64 Å². The monoisotopic (exact) mass is 486 g/mol. The zero-order valence-electron chi connectivity index (χ0n) is 20.5. The molecule has 1 aromatic rings. The molecule has 35 heavy (non-hydrogen) atoms. The second-order valence-corrected chi connectivity index (χ2v) is 10.5. The summed E-state index contributed by atoms with van der Waals surface area (Å²) in [5, 5.41) is 10.7. The smallest absolute Gasteiger partial charge is 0.344 e. The number of ether oxygens (including phenoxy) is 4. The van der Waals surface area contributed by atoms with Gasteiger partial charge < -0.3 is 33.9 Å². The minimum Gasteiger partial charge on any atom is -0.497 e. The number of aliphatic hydroxyl groups excluding tert-OH is 1. The molecule has 4 aliphatic heterocycles. The van der Waals surface area contributed by atoms with Crippen LogP contribution in [0.1, 0.15) is 38.7 Å². The second-order valence-electron chi connectivity index (χ2n) is 10.5. The molecule has 4 fully saturated rings. The number of anilines is 1. The van der Waals surface area contributed by atoms with E-state index in [1.165, 1.54) is 14.0 Å². The number of carbonyl (C=O) groups is 3. The van der Waals surface area contributed by atoms with Crippen molar-refractivity contribution in [2.75, 3.05) is 32.8 Å². The lowest BCUT2D eigenvalue weighted by molar-refractivity contribution is -0.302. The fourth-order valence-electron chi connectivity index (χ4n) is 8.62. The molecule has 10 heteroatoms. The van der Waals surface area contributed by atoms with Crippen molar-refractivity contribution >= 4 is 23.5 Å². The Morgan fingerprint density at radius 3 is 2.60 bits per heavy atom. The van der Waals surface area contributed by atoms with Gasteiger partial charge in [0, 0.05) is 44.0 Å². The Morgan fingerprint density at radius 1 is 1.26 bits per heavy atom. The molecule has 1 spiro atoms. The van der Waals surface area contributed by atoms with E-state index >= 15 is 0 Å². The molecule has 1 amide bonds. The van der Waals surface area contributed by atoms with Crippen LogP contribution >= 0.6 is 0 Å². The van der Waals surface area contributed by atoms with Crippen molar-refractivity contribution in [1.29, 1.82) is 0 Å². The van der Waals surface area contributed by atoms with Gasteiger partial charge in [-0.3, -0.25) is 9.59 Å². The Morgan fingerprint density at radius 2 is 2.00 bits per heavy atom. The SMILES string of the molecule is CC[C@]12C[C@]3(CO)O[C@](C(=O)OC)([C@@H]1OC(C)=O)[C@@H]1N(C)c4cc(OC)ccc4[C@]14CC(=O)N3[C@@H]24. The molecule has 0 aromatic heterocycles. The lowest BCUT2D eigenvalue weighted by Gasteiger charge is -2.63. The summed E-state index contributed by atoms with van der Waals surface area (Å²) in [6, 6.07) is 4.53. The zero-order chi connectivity index (χ0) is 25.1. The van der Waals surface area contributed by atoms with Gasteiger partial charge in [-0.1, -0.05) is 13.0 Å². The summed E-state index contributed by atoms with van der Waals surface area (Å²) in [5.74, 6) is -0.743. The first kappa shape index (κ1) is 22.6. The maximum absolute atomic E-state index is 13.9. The second kappa shape index (κ2) is 6.67. The minimum absolute atomic E-state index is 0.143. The third-order valence-electron chi connectivity index (χ3n) is 9.38. The molecule has 1 aliphatic carbocycles. The minimum atomic E-state index is -1.77. The lowest BCUT2D eigenvalue weighted by Crippen LogP contribution is -2.82. The number of nitrogens with zero attached hydrogens (tertiary/aromatic N) is 2. The average Bonchev–Trinajstić information content (AvgIpc) is 3.37. The number of benzene rings is 1. The van der Waals surface area contributed by atoms with E-state index in [0.29, 0.717) is 12.2 Å². The van der Waals surface area contributed by atoms with Crippen molar-refractivity contribution in [2.45, 2.75) is 68.0 Å². The van der Waals surface area contributed by atoms with Crippen LogP contribution in [0.25, 0.3) is 0 Å². The van der Waals surface area contributed by atoms with Crippen LogP contribution in [0.5, 0.6) is 5.75 Å². The van der Waals surface area contributed by atoms with Gasteiger partial charge in [-0.2, -0.15) is 0 Å². The number of amides is 1. The number of methoxy groups -OCH3 is 2. The fourth-order valence-corrected chi connectivity index (χ4v) is 8.62. The van der Waals surface area contributed by atoms with Crippen LogP contribution in [-0.2, 0) is 34.0 Å². The largest absolute Gasteiger partial charge is 0.497 e. The van der Waals surface area contributed by atoms with Crippen LogP contribution in [0.2, 0.25) is 0 Å². The maximum Gasteiger partial charge on any atom is 0.344 e. The van der Waals surface area contributed by atoms with Gasteiger partial charge in [0.15, 0.2) is 11.8 Å². The van der Waals surface area contributed by atoms with Crippen molar-refractivity contribution in [2.24, 2.45) is 5.41 Å². The lowest BCUT2D eigenvalue weighted by atomic mass is 9.47. The van der Waals surface area contributed by atoms with Crippen LogP contribution in [-0.4, -0.2) is 85.2 Å². The Hall–Kier alpha value is -2.85. The van der Waals surface area contributed by atoms with Gasteiger partial charge >= 0.3 is 11.9 Å². The highest BCUT2D eigenvalue weighted by Crippen LogP contribution is 2.76. The van der Waals surface area contributed by atoms with Gasteiger partial charge in [0.2, 0.25) is 11.5 Å². The van der Waals surface area contributed by atoms with Crippen LogP contribution in [0.15, 0.2) is 18.2 Å². The number of aliphatic hydroxyl groups is 1. The first-order valence-electron chi connectivity index (χ1n) is 11.9. The third kappa shape index (κ3) is 2.14. The first-order valence-corrected chi connectivity index (χ1v) is 11.9. The van der Waals surface area contributed by atoms with Crippen LogP contribution in [0.4, 0.5) is 5.69 Å². The highest BCUT2D eigenvalue weighted by atomic mass is 16.6. The molecule has 7 atom stereocenters. The highest BCUT2D eigenvalue weighted by Gasteiger charge is 2.91. The first-order chi connectivity index (χ1) is 16.6. The van der Waals surface area contributed by atoms with Crippen molar-refractivity contribution in [3.05, 3.63) is 23.8 Å². The highest BCUT2D eigenvalue weighted by molar-refractivity contribution is 5.93. The van der Waals surface area contributed by atoms with Crippen molar-refractivity contribution < 1.29 is 38.4 Å². The Balaban J connectivity index is 1.75. The topological polar surface area (TPSA) is 115 Å². The number of likely N-dealkylation sites (N-methyl/N-ethyl adjacent to an activating group) is 1. The molecule has 3 bridgehead atoms. The molecule has 6 rings (SSSR count). The van der Waals surface area contributed by atoms with Gasteiger partial charge in [0.1, 0.15) is 5.75 Å². The molecule has 5 aliphatic rings. The molecule has 3 saturated heterocycles. The number of rotatable bonds is 5. The van der Waals surface area contributed by atoms with E-state index in [-0.39, 0.29) is 18.7 Å². The summed E-state index contributed by atoms with van der Waals surface area (Å²) in [6.07, 6.45) is -0.108. The van der Waals surface area contributed by atoms with E-state index in [1.807, 2.05) is 37.1 Å². The van der Waals surface area contributed by atoms with E-state index in [4.69, 9.17) is 18.9 Å². The molecular formula is C25H30N2O8. The molecule has 10 nitrogen and oxygen atoms in total. The summed E-state index contributed by atoms with van der Waals surface area (Å²) >= 11 is 0. The Labute approximate surface area is 203 Å². The van der Waals surface area contributed by atoms with E-state index in [2.05, 4.69) is 0 Å². The molecule has 1 aromatic carbocycles. The maximum atomic E-state index is 13.9. The van der Waals surface area contributed by atoms with Crippen molar-refractivity contribution in [1.82, 2.24) is 4.90 Å². The standard InChI is InChI=1S/C25H30N2O8/c1-6-22-11-23(12-28)27-17(30)10-24(18(22)27)15-8-7-14(32-4)9-16(15)26(3)19(24)25(35-23,21(31)33-5)20(22)34-13(2)29/h7-9,18-20,28H,6,10-12H2,1-5H3/t18-,19+,20+,22+,23+,24-,25-/m0/s1. The normalized spacial score (nSPS) is 41.7. The fraction of sp³-hybridized carbons (Fsp3) is 0.640.